The summed E-state index contributed by atoms with van der Waals surface area (Å²) in [5, 5.41) is 43.7. The molecule has 1 saturated heterocycles. The van der Waals surface area contributed by atoms with Gasteiger partial charge in [-0.2, -0.15) is 0 Å². The number of carboxylic acids is 2. The highest BCUT2D eigenvalue weighted by molar-refractivity contribution is 6.00. The summed E-state index contributed by atoms with van der Waals surface area (Å²) in [4.78, 5) is 177. The minimum atomic E-state index is -2.06. The third-order valence-corrected chi connectivity index (χ3v) is 12.8. The summed E-state index contributed by atoms with van der Waals surface area (Å²) < 4.78 is 5.46. The Labute approximate surface area is 445 Å². The van der Waals surface area contributed by atoms with Crippen molar-refractivity contribution in [2.24, 2.45) is 29.0 Å². The quantitative estimate of drug-likeness (QED) is 0.0413. The summed E-state index contributed by atoms with van der Waals surface area (Å²) in [7, 11) is 2.13. The van der Waals surface area contributed by atoms with E-state index >= 15 is 0 Å². The summed E-state index contributed by atoms with van der Waals surface area (Å²) >= 11 is 0. The van der Waals surface area contributed by atoms with E-state index in [2.05, 4.69) is 31.9 Å². The number of aliphatic hydroxyl groups is 1. The molecule has 1 aliphatic heterocycles. The molecule has 1 aromatic rings. The number of esters is 1. The summed E-state index contributed by atoms with van der Waals surface area (Å²) in [6.45, 7) is 4.23. The van der Waals surface area contributed by atoms with Crippen LogP contribution in [0.2, 0.25) is 0 Å². The van der Waals surface area contributed by atoms with Crippen molar-refractivity contribution in [3.8, 4) is 0 Å². The van der Waals surface area contributed by atoms with Crippen LogP contribution in [0.3, 0.4) is 0 Å². The Morgan fingerprint density at radius 2 is 1.29 bits per heavy atom. The van der Waals surface area contributed by atoms with E-state index in [4.69, 9.17) is 21.9 Å². The number of aliphatic hydroxyl groups excluding tert-OH is 1. The summed E-state index contributed by atoms with van der Waals surface area (Å²) in [6.07, 6.45) is -1.82. The van der Waals surface area contributed by atoms with Crippen molar-refractivity contribution in [2.45, 2.75) is 153 Å². The average Bonchev–Trinajstić information content (AvgIpc) is 3.36. The van der Waals surface area contributed by atoms with Gasteiger partial charge in [0.1, 0.15) is 54.9 Å². The van der Waals surface area contributed by atoms with Gasteiger partial charge in [0.25, 0.3) is 0 Å². The SMILES string of the molecule is CCC(C)CCCCC(=O)N[C@H]1COC(=O)[C@H]([C@H](C)CC(=O)O)NC(=O)[C@@H](CCC(N)=O)NC(=O)[C@@H](Cc2ccccc2)N(C)C(=O)[C@H](CC(N)=O)N(C)C(=O)[C@H](CO)NC(=O)[C@H]([C@@H](C)N)NC(=O)[C@H](CC(=O)O)NC1=O. The van der Waals surface area contributed by atoms with Crippen molar-refractivity contribution < 1.29 is 82.4 Å². The van der Waals surface area contributed by atoms with E-state index in [1.165, 1.54) is 13.8 Å². The number of aliphatic carboxylic acids is 2. The maximum atomic E-state index is 14.6. The number of benzene rings is 1. The molecule has 15 N–H and O–H groups in total. The fraction of sp³-hybridized carbons (Fsp3) is 0.612. The van der Waals surface area contributed by atoms with Crippen molar-refractivity contribution in [1.82, 2.24) is 41.7 Å². The van der Waals surface area contributed by atoms with Crippen LogP contribution in [0.15, 0.2) is 30.3 Å². The van der Waals surface area contributed by atoms with Gasteiger partial charge < -0.3 is 79.0 Å². The molecular formula is C49H75N11O17. The zero-order valence-electron chi connectivity index (χ0n) is 44.1. The Balaban J connectivity index is 2.93. The van der Waals surface area contributed by atoms with Gasteiger partial charge in [-0.25, -0.2) is 4.79 Å². The molecule has 1 heterocycles. The van der Waals surface area contributed by atoms with E-state index in [0.717, 1.165) is 31.8 Å². The molecule has 28 nitrogen and oxygen atoms in total. The second-order valence-electron chi connectivity index (χ2n) is 19.2. The molecule has 1 aliphatic rings. The maximum absolute atomic E-state index is 14.6. The lowest BCUT2D eigenvalue weighted by atomic mass is 9.97. The smallest absolute Gasteiger partial charge is 0.329 e. The molecule has 10 amide bonds. The number of nitrogens with zero attached hydrogens (tertiary/aromatic N) is 2. The van der Waals surface area contributed by atoms with Crippen LogP contribution in [-0.4, -0.2) is 184 Å². The highest BCUT2D eigenvalue weighted by atomic mass is 16.5. The minimum absolute atomic E-state index is 0.153. The molecule has 0 aromatic heterocycles. The van der Waals surface area contributed by atoms with Gasteiger partial charge in [0.2, 0.25) is 59.1 Å². The highest BCUT2D eigenvalue weighted by Gasteiger charge is 2.41. The number of carboxylic acid groups (broad SMARTS) is 2. The average molecular weight is 1090 g/mol. The number of nitrogens with two attached hydrogens (primary N) is 3. The number of cyclic esters (lactones) is 1. The van der Waals surface area contributed by atoms with Gasteiger partial charge in [0.15, 0.2) is 0 Å². The molecule has 0 radical (unpaired) electrons. The van der Waals surface area contributed by atoms with E-state index in [1.54, 1.807) is 30.3 Å². The van der Waals surface area contributed by atoms with Crippen LogP contribution in [0.1, 0.15) is 97.5 Å². The summed E-state index contributed by atoms with van der Waals surface area (Å²) in [5.74, 6) is -16.9. The third-order valence-electron chi connectivity index (χ3n) is 12.8. The molecule has 11 atom stereocenters. The monoisotopic (exact) mass is 1090 g/mol. The minimum Gasteiger partial charge on any atom is -0.481 e. The largest absolute Gasteiger partial charge is 0.481 e. The number of unbranched alkanes of at least 4 members (excludes halogenated alkanes) is 1. The zero-order chi connectivity index (χ0) is 58.3. The first kappa shape index (κ1) is 65.4. The first-order valence-corrected chi connectivity index (χ1v) is 25.0. The molecule has 0 saturated carbocycles. The van der Waals surface area contributed by atoms with E-state index in [0.29, 0.717) is 29.2 Å². The number of hydrogen-bond acceptors (Lipinski definition) is 16. The molecule has 0 spiro atoms. The Morgan fingerprint density at radius 1 is 0.701 bits per heavy atom. The Bertz CT molecular complexity index is 2290. The van der Waals surface area contributed by atoms with E-state index < -0.39 is 183 Å². The van der Waals surface area contributed by atoms with Crippen molar-refractivity contribution in [1.29, 1.82) is 0 Å². The van der Waals surface area contributed by atoms with Crippen molar-refractivity contribution in [3.05, 3.63) is 35.9 Å². The fourth-order valence-corrected chi connectivity index (χ4v) is 8.00. The van der Waals surface area contributed by atoms with E-state index in [1.807, 2.05) is 13.8 Å². The topological polar surface area (TPSA) is 449 Å². The highest BCUT2D eigenvalue weighted by Crippen LogP contribution is 2.18. The van der Waals surface area contributed by atoms with Gasteiger partial charge in [0.05, 0.1) is 25.9 Å². The van der Waals surface area contributed by atoms with Crippen molar-refractivity contribution >= 4 is 77.0 Å². The van der Waals surface area contributed by atoms with Crippen LogP contribution in [0.4, 0.5) is 0 Å². The van der Waals surface area contributed by atoms with Crippen LogP contribution in [-0.2, 0) is 73.5 Å². The molecular weight excluding hydrogens is 1010 g/mol. The molecule has 1 fully saturated rings. The lowest BCUT2D eigenvalue weighted by molar-refractivity contribution is -0.153. The number of likely N-dealkylation sites (N-methyl/N-ethyl adjacent to an activating group) is 2. The predicted octanol–water partition coefficient (Wildman–Crippen LogP) is -3.98. The molecule has 1 unspecified atom stereocenters. The molecule has 2 rings (SSSR count). The number of hydrogen-bond donors (Lipinski definition) is 12. The lowest BCUT2D eigenvalue weighted by Gasteiger charge is -2.36. The molecule has 428 valence electrons. The predicted molar refractivity (Wildman–Crippen MR) is 270 cm³/mol. The number of carbonyl (C=O) groups excluding carboxylic acids is 11. The number of nitrogens with one attached hydrogen (secondary N) is 6. The lowest BCUT2D eigenvalue weighted by Crippen LogP contribution is -2.63. The first-order chi connectivity index (χ1) is 36.1. The van der Waals surface area contributed by atoms with Gasteiger partial charge in [-0.05, 0) is 37.2 Å². The van der Waals surface area contributed by atoms with Crippen LogP contribution in [0.5, 0.6) is 0 Å². The number of carbonyl (C=O) groups is 13. The summed E-state index contributed by atoms with van der Waals surface area (Å²) in [5.41, 5.74) is 17.5. The molecule has 1 aromatic carbocycles. The van der Waals surface area contributed by atoms with Gasteiger partial charge in [-0.3, -0.25) is 57.5 Å². The van der Waals surface area contributed by atoms with Gasteiger partial charge in [0, 0.05) is 39.4 Å². The van der Waals surface area contributed by atoms with Crippen LogP contribution >= 0.6 is 0 Å². The van der Waals surface area contributed by atoms with Crippen LogP contribution in [0, 0.1) is 11.8 Å². The first-order valence-electron chi connectivity index (χ1n) is 25.0. The van der Waals surface area contributed by atoms with Gasteiger partial charge >= 0.3 is 17.9 Å². The van der Waals surface area contributed by atoms with Gasteiger partial charge in [-0.1, -0.05) is 70.4 Å². The maximum Gasteiger partial charge on any atom is 0.329 e. The third kappa shape index (κ3) is 21.8. The Kier molecular flexibility index (Phi) is 27.1. The number of ether oxygens (including phenoxy) is 1. The number of amides is 10. The zero-order valence-corrected chi connectivity index (χ0v) is 44.1. The van der Waals surface area contributed by atoms with Crippen LogP contribution < -0.4 is 49.1 Å². The van der Waals surface area contributed by atoms with E-state index in [-0.39, 0.29) is 12.8 Å². The van der Waals surface area contributed by atoms with Crippen molar-refractivity contribution in [3.63, 3.8) is 0 Å². The second-order valence-corrected chi connectivity index (χ2v) is 19.2. The summed E-state index contributed by atoms with van der Waals surface area (Å²) in [6, 6.07) is -8.25. The Hall–Kier alpha value is -7.75. The van der Waals surface area contributed by atoms with Gasteiger partial charge in [-0.15, -0.1) is 0 Å². The molecule has 0 aliphatic carbocycles. The second kappa shape index (κ2) is 32.0. The Morgan fingerprint density at radius 3 is 1.84 bits per heavy atom. The van der Waals surface area contributed by atoms with Crippen LogP contribution in [0.25, 0.3) is 0 Å². The fourth-order valence-electron chi connectivity index (χ4n) is 8.00. The van der Waals surface area contributed by atoms with Crippen molar-refractivity contribution in [2.75, 3.05) is 27.3 Å². The number of rotatable bonds is 21. The molecule has 0 bridgehead atoms. The van der Waals surface area contributed by atoms with E-state index in [9.17, 15) is 77.6 Å². The molecule has 28 heteroatoms. The standard InChI is InChI=1S/C49H75N11O17/c1-7-25(2)13-11-12-16-37(64)53-32-24-77-49(76)40(26(3)19-38(65)66)57-42(69)29(17-18-35(51)62)54-45(72)33(20-28-14-9-8-10-15-28)59(5)48(75)34(22-36(52)63)60(6)47(74)31(23-61)56-46(73)41(27(4)50)58-43(70)30(21-39(67)68)55-44(32)71/h8-10,14-15,25-27,29-34,40-41,61H,7,11-13,16-24,50H2,1-6H3,(H2,51,62)(H2,52,63)(H,53,64)(H,54,72)(H,55,71)(H,56,73)(H,57,69)(H,58,70)(H,65,66)(H,67,68)/t25?,26-,27-,29-,30+,31+,32+,33-,34+,40+,41+/m1/s1. The number of primary amides is 2. The molecule has 77 heavy (non-hydrogen) atoms. The normalized spacial score (nSPS) is 24.2.